The Morgan fingerprint density at radius 2 is 0.918 bits per heavy atom. The normalized spacial score (nSPS) is 11.7. The van der Waals surface area contributed by atoms with Crippen molar-refractivity contribution < 1.29 is 4.42 Å². The summed E-state index contributed by atoms with van der Waals surface area (Å²) in [5.74, 6) is 1.92. The van der Waals surface area contributed by atoms with Crippen LogP contribution >= 0.6 is 0 Å². The second kappa shape index (κ2) is 11.0. The Bertz CT molecular complexity index is 2860. The largest absolute Gasteiger partial charge is 0.456 e. The number of hydrogen-bond donors (Lipinski definition) is 0. The van der Waals surface area contributed by atoms with E-state index in [1.807, 2.05) is 48.5 Å². The number of nitrogens with zero attached hydrogens (tertiary/aromatic N) is 3. The number of fused-ring (bicyclic) bond motifs is 8. The summed E-state index contributed by atoms with van der Waals surface area (Å²) in [4.78, 5) is 15.3. The van der Waals surface area contributed by atoms with Crippen molar-refractivity contribution in [3.05, 3.63) is 164 Å². The quantitative estimate of drug-likeness (QED) is 0.183. The lowest BCUT2D eigenvalue weighted by atomic mass is 9.92. The molecule has 0 atom stereocenters. The van der Waals surface area contributed by atoms with E-state index in [4.69, 9.17) is 19.4 Å². The van der Waals surface area contributed by atoms with Gasteiger partial charge in [-0.15, -0.1) is 0 Å². The highest BCUT2D eigenvalue weighted by Crippen LogP contribution is 2.40. The second-order valence-corrected chi connectivity index (χ2v) is 12.4. The zero-order valence-electron chi connectivity index (χ0n) is 26.3. The van der Waals surface area contributed by atoms with Crippen molar-refractivity contribution in [3.63, 3.8) is 0 Å². The van der Waals surface area contributed by atoms with Crippen LogP contribution in [0.4, 0.5) is 0 Å². The molecule has 0 aliphatic heterocycles. The Hall–Kier alpha value is -6.65. The standard InChI is InChI=1S/C45H27N3O/c1-2-12-30(13-3-1)43-46-44(31-23-21-29(22-24-31)34-18-10-20-40-42(34)37-17-8-9-19-39(37)49-40)48-45(47-43)38-27-32-14-5-7-16-35(32)41-33-15-6-4-11-28(33)25-26-36(38)41/h1-27H. The summed E-state index contributed by atoms with van der Waals surface area (Å²) in [5.41, 5.74) is 6.85. The van der Waals surface area contributed by atoms with Gasteiger partial charge in [0.2, 0.25) is 0 Å². The lowest BCUT2D eigenvalue weighted by molar-refractivity contribution is 0.669. The summed E-state index contributed by atoms with van der Waals surface area (Å²) >= 11 is 0. The first-order chi connectivity index (χ1) is 24.3. The van der Waals surface area contributed by atoms with Crippen LogP contribution in [0.25, 0.3) is 99.5 Å². The van der Waals surface area contributed by atoms with E-state index in [2.05, 4.69) is 115 Å². The summed E-state index contributed by atoms with van der Waals surface area (Å²) in [6.07, 6.45) is 0. The van der Waals surface area contributed by atoms with Crippen LogP contribution in [0.15, 0.2) is 168 Å². The monoisotopic (exact) mass is 625 g/mol. The first kappa shape index (κ1) is 27.5. The molecule has 10 rings (SSSR count). The Balaban J connectivity index is 1.18. The minimum Gasteiger partial charge on any atom is -0.456 e. The number of hydrogen-bond acceptors (Lipinski definition) is 4. The van der Waals surface area contributed by atoms with Crippen molar-refractivity contribution in [1.82, 2.24) is 15.0 Å². The first-order valence-corrected chi connectivity index (χ1v) is 16.4. The molecule has 0 N–H and O–H groups in total. The molecule has 0 radical (unpaired) electrons. The van der Waals surface area contributed by atoms with Crippen LogP contribution in [0, 0.1) is 0 Å². The molecule has 2 heterocycles. The number of rotatable bonds is 4. The van der Waals surface area contributed by atoms with Gasteiger partial charge in [0.05, 0.1) is 0 Å². The molecule has 0 spiro atoms. The van der Waals surface area contributed by atoms with Crippen LogP contribution < -0.4 is 0 Å². The number of aromatic nitrogens is 3. The van der Waals surface area contributed by atoms with E-state index < -0.39 is 0 Å². The fourth-order valence-corrected chi connectivity index (χ4v) is 7.21. The van der Waals surface area contributed by atoms with Crippen molar-refractivity contribution in [2.75, 3.05) is 0 Å². The van der Waals surface area contributed by atoms with E-state index in [1.54, 1.807) is 0 Å². The lowest BCUT2D eigenvalue weighted by Crippen LogP contribution is -2.01. The molecule has 228 valence electrons. The summed E-state index contributed by atoms with van der Waals surface area (Å²) in [6.45, 7) is 0. The van der Waals surface area contributed by atoms with Gasteiger partial charge in [-0.1, -0.05) is 146 Å². The highest BCUT2D eigenvalue weighted by Gasteiger charge is 2.18. The molecule has 0 amide bonds. The molecule has 10 aromatic rings. The molecule has 49 heavy (non-hydrogen) atoms. The van der Waals surface area contributed by atoms with Gasteiger partial charge < -0.3 is 4.42 Å². The van der Waals surface area contributed by atoms with Gasteiger partial charge in [-0.25, -0.2) is 15.0 Å². The third kappa shape index (κ3) is 4.49. The topological polar surface area (TPSA) is 51.8 Å². The Morgan fingerprint density at radius 3 is 1.71 bits per heavy atom. The second-order valence-electron chi connectivity index (χ2n) is 12.4. The number of furan rings is 1. The summed E-state index contributed by atoms with van der Waals surface area (Å²) in [7, 11) is 0. The minimum atomic E-state index is 0.629. The average molecular weight is 626 g/mol. The molecule has 0 aliphatic carbocycles. The molecule has 0 unspecified atom stereocenters. The summed E-state index contributed by atoms with van der Waals surface area (Å²) < 4.78 is 6.17. The fraction of sp³-hybridized carbons (Fsp3) is 0. The van der Waals surface area contributed by atoms with E-state index in [0.29, 0.717) is 17.5 Å². The first-order valence-electron chi connectivity index (χ1n) is 16.4. The van der Waals surface area contributed by atoms with Gasteiger partial charge in [0.25, 0.3) is 0 Å². The molecular formula is C45H27N3O. The maximum atomic E-state index is 6.17. The molecule has 0 aliphatic rings. The average Bonchev–Trinajstić information content (AvgIpc) is 3.57. The van der Waals surface area contributed by atoms with Gasteiger partial charge in [-0.2, -0.15) is 0 Å². The van der Waals surface area contributed by atoms with Crippen molar-refractivity contribution in [1.29, 1.82) is 0 Å². The molecule has 4 heteroatoms. The lowest BCUT2D eigenvalue weighted by Gasteiger charge is -2.14. The number of benzene rings is 8. The highest BCUT2D eigenvalue weighted by molar-refractivity contribution is 6.23. The molecular weight excluding hydrogens is 599 g/mol. The Kier molecular flexibility index (Phi) is 6.15. The molecule has 0 saturated carbocycles. The van der Waals surface area contributed by atoms with Crippen molar-refractivity contribution in [2.45, 2.75) is 0 Å². The Labute approximate surface area is 282 Å². The fourth-order valence-electron chi connectivity index (χ4n) is 7.21. The SMILES string of the molecule is c1ccc(-c2nc(-c3ccc(-c4cccc5oc6ccccc6c45)cc3)nc(-c3cc4ccccc4c4c3ccc3ccccc34)n2)cc1. The van der Waals surface area contributed by atoms with E-state index in [1.165, 1.54) is 21.5 Å². The zero-order valence-corrected chi connectivity index (χ0v) is 26.3. The molecule has 0 bridgehead atoms. The van der Waals surface area contributed by atoms with E-state index in [0.717, 1.165) is 60.5 Å². The zero-order chi connectivity index (χ0) is 32.3. The van der Waals surface area contributed by atoms with E-state index in [-0.39, 0.29) is 0 Å². The van der Waals surface area contributed by atoms with E-state index >= 15 is 0 Å². The maximum absolute atomic E-state index is 6.17. The maximum Gasteiger partial charge on any atom is 0.164 e. The van der Waals surface area contributed by atoms with Crippen LogP contribution in [0.3, 0.4) is 0 Å². The summed E-state index contributed by atoms with van der Waals surface area (Å²) in [6, 6.07) is 56.9. The van der Waals surface area contributed by atoms with Gasteiger partial charge in [0.15, 0.2) is 17.5 Å². The van der Waals surface area contributed by atoms with Gasteiger partial charge in [0, 0.05) is 27.5 Å². The van der Waals surface area contributed by atoms with Crippen LogP contribution in [-0.4, -0.2) is 15.0 Å². The van der Waals surface area contributed by atoms with Gasteiger partial charge in [-0.05, 0) is 61.6 Å². The predicted molar refractivity (Wildman–Crippen MR) is 201 cm³/mol. The molecule has 8 aromatic carbocycles. The molecule has 0 fully saturated rings. The van der Waals surface area contributed by atoms with Crippen LogP contribution in [-0.2, 0) is 0 Å². The summed E-state index contributed by atoms with van der Waals surface area (Å²) in [5, 5.41) is 9.34. The number of para-hydroxylation sites is 1. The van der Waals surface area contributed by atoms with Gasteiger partial charge in [-0.3, -0.25) is 0 Å². The molecule has 2 aromatic heterocycles. The third-order valence-electron chi connectivity index (χ3n) is 9.51. The van der Waals surface area contributed by atoms with Crippen molar-refractivity contribution >= 4 is 54.3 Å². The predicted octanol–water partition coefficient (Wildman–Crippen LogP) is 11.9. The van der Waals surface area contributed by atoms with Crippen LogP contribution in [0.2, 0.25) is 0 Å². The van der Waals surface area contributed by atoms with Crippen LogP contribution in [0.1, 0.15) is 0 Å². The van der Waals surface area contributed by atoms with Crippen LogP contribution in [0.5, 0.6) is 0 Å². The third-order valence-corrected chi connectivity index (χ3v) is 9.51. The van der Waals surface area contributed by atoms with Gasteiger partial charge >= 0.3 is 0 Å². The van der Waals surface area contributed by atoms with Gasteiger partial charge in [0.1, 0.15) is 11.2 Å². The van der Waals surface area contributed by atoms with E-state index in [9.17, 15) is 0 Å². The molecule has 4 nitrogen and oxygen atoms in total. The minimum absolute atomic E-state index is 0.629. The van der Waals surface area contributed by atoms with Crippen molar-refractivity contribution in [3.8, 4) is 45.3 Å². The highest BCUT2D eigenvalue weighted by atomic mass is 16.3. The molecule has 0 saturated heterocycles. The Morgan fingerprint density at radius 1 is 0.327 bits per heavy atom. The smallest absolute Gasteiger partial charge is 0.164 e. The van der Waals surface area contributed by atoms with Crippen molar-refractivity contribution in [2.24, 2.45) is 0 Å².